The molecule has 0 spiro atoms. The topological polar surface area (TPSA) is 42.2 Å². The molecule has 0 aliphatic heterocycles. The second kappa shape index (κ2) is 5.75. The molecule has 2 rings (SSSR count). The Kier molecular flexibility index (Phi) is 4.32. The first kappa shape index (κ1) is 12.0. The van der Waals surface area contributed by atoms with Gasteiger partial charge in [0.05, 0.1) is 11.2 Å². The summed E-state index contributed by atoms with van der Waals surface area (Å²) in [5, 5.41) is 2.12. The number of rotatable bonds is 3. The largest absolute Gasteiger partial charge is 0.326 e. The van der Waals surface area contributed by atoms with E-state index in [0.717, 1.165) is 6.54 Å². The van der Waals surface area contributed by atoms with E-state index in [4.69, 9.17) is 5.73 Å². The van der Waals surface area contributed by atoms with Crippen LogP contribution in [0.5, 0.6) is 0 Å². The van der Waals surface area contributed by atoms with Gasteiger partial charge < -0.3 is 5.73 Å². The maximum absolute atomic E-state index is 6.25. The predicted molar refractivity (Wildman–Crippen MR) is 68.4 cm³/mol. The van der Waals surface area contributed by atoms with Gasteiger partial charge in [-0.1, -0.05) is 19.3 Å². The van der Waals surface area contributed by atoms with E-state index in [0.29, 0.717) is 12.1 Å². The first-order valence-electron chi connectivity index (χ1n) is 6.10. The molecule has 0 bridgehead atoms. The molecule has 4 heteroatoms. The minimum Gasteiger partial charge on any atom is -0.326 e. The minimum absolute atomic E-state index is 0.339. The van der Waals surface area contributed by atoms with E-state index in [-0.39, 0.29) is 0 Å². The molecular weight excluding hydrogens is 218 g/mol. The molecule has 1 aliphatic rings. The molecule has 2 unspecified atom stereocenters. The standard InChI is InChI=1S/C12H21N3S/c1-15(7-10-8-16-9-14-10)12-6-4-2-3-5-11(12)13/h8-9,11-12H,2-7,13H2,1H3. The molecule has 2 atom stereocenters. The molecule has 1 aromatic heterocycles. The highest BCUT2D eigenvalue weighted by atomic mass is 32.1. The first-order chi connectivity index (χ1) is 7.77. The lowest BCUT2D eigenvalue weighted by molar-refractivity contribution is 0.191. The number of nitrogens with zero attached hydrogens (tertiary/aromatic N) is 2. The second-order valence-corrected chi connectivity index (χ2v) is 5.48. The van der Waals surface area contributed by atoms with Crippen molar-refractivity contribution < 1.29 is 0 Å². The van der Waals surface area contributed by atoms with E-state index < -0.39 is 0 Å². The normalized spacial score (nSPS) is 26.9. The van der Waals surface area contributed by atoms with Crippen molar-refractivity contribution in [3.8, 4) is 0 Å². The van der Waals surface area contributed by atoms with Crippen LogP contribution in [0.15, 0.2) is 10.9 Å². The summed E-state index contributed by atoms with van der Waals surface area (Å²) in [5.74, 6) is 0. The lowest BCUT2D eigenvalue weighted by Crippen LogP contribution is -2.45. The lowest BCUT2D eigenvalue weighted by Gasteiger charge is -2.30. The van der Waals surface area contributed by atoms with Crippen LogP contribution in [0, 0.1) is 0 Å². The highest BCUT2D eigenvalue weighted by molar-refractivity contribution is 7.07. The third-order valence-electron chi connectivity index (χ3n) is 3.49. The molecular formula is C12H21N3S. The number of likely N-dealkylation sites (N-methyl/N-ethyl adjacent to an activating group) is 1. The smallest absolute Gasteiger partial charge is 0.0795 e. The Morgan fingerprint density at radius 3 is 3.00 bits per heavy atom. The number of aromatic nitrogens is 1. The zero-order valence-electron chi connectivity index (χ0n) is 9.93. The summed E-state index contributed by atoms with van der Waals surface area (Å²) < 4.78 is 0. The minimum atomic E-state index is 0.339. The fourth-order valence-corrected chi connectivity index (χ4v) is 3.10. The molecule has 0 radical (unpaired) electrons. The van der Waals surface area contributed by atoms with E-state index >= 15 is 0 Å². The van der Waals surface area contributed by atoms with Gasteiger partial charge in [0.1, 0.15) is 0 Å². The predicted octanol–water partition coefficient (Wildman–Crippen LogP) is 2.23. The van der Waals surface area contributed by atoms with Gasteiger partial charge in [0, 0.05) is 24.0 Å². The van der Waals surface area contributed by atoms with Gasteiger partial charge in [-0.25, -0.2) is 4.98 Å². The first-order valence-corrected chi connectivity index (χ1v) is 7.04. The van der Waals surface area contributed by atoms with Crippen LogP contribution >= 0.6 is 11.3 Å². The van der Waals surface area contributed by atoms with Crippen LogP contribution in [0.25, 0.3) is 0 Å². The maximum atomic E-state index is 6.25. The van der Waals surface area contributed by atoms with Crippen LogP contribution in [0.3, 0.4) is 0 Å². The lowest BCUT2D eigenvalue weighted by atomic mass is 10.0. The van der Waals surface area contributed by atoms with Crippen molar-refractivity contribution in [2.24, 2.45) is 5.73 Å². The number of hydrogen-bond acceptors (Lipinski definition) is 4. The van der Waals surface area contributed by atoms with Gasteiger partial charge in [-0.05, 0) is 19.9 Å². The molecule has 0 aromatic carbocycles. The average Bonchev–Trinajstić information content (AvgIpc) is 2.66. The highest BCUT2D eigenvalue weighted by Gasteiger charge is 2.24. The van der Waals surface area contributed by atoms with Crippen LogP contribution in [0.1, 0.15) is 37.8 Å². The number of thiazole rings is 1. The van der Waals surface area contributed by atoms with Crippen molar-refractivity contribution in [3.63, 3.8) is 0 Å². The van der Waals surface area contributed by atoms with Crippen molar-refractivity contribution >= 4 is 11.3 Å². The van der Waals surface area contributed by atoms with Crippen LogP contribution < -0.4 is 5.73 Å². The summed E-state index contributed by atoms with van der Waals surface area (Å²) in [6.45, 7) is 0.932. The van der Waals surface area contributed by atoms with Crippen molar-refractivity contribution in [1.82, 2.24) is 9.88 Å². The Labute approximate surface area is 102 Å². The Morgan fingerprint density at radius 2 is 2.25 bits per heavy atom. The van der Waals surface area contributed by atoms with Crippen molar-refractivity contribution in [2.75, 3.05) is 7.05 Å². The molecule has 0 amide bonds. The zero-order valence-corrected chi connectivity index (χ0v) is 10.7. The van der Waals surface area contributed by atoms with Crippen LogP contribution in [0.4, 0.5) is 0 Å². The molecule has 1 fully saturated rings. The van der Waals surface area contributed by atoms with Crippen molar-refractivity contribution in [1.29, 1.82) is 0 Å². The fraction of sp³-hybridized carbons (Fsp3) is 0.750. The number of hydrogen-bond donors (Lipinski definition) is 1. The van der Waals surface area contributed by atoms with Crippen LogP contribution in [-0.2, 0) is 6.54 Å². The summed E-state index contributed by atoms with van der Waals surface area (Å²) >= 11 is 1.66. The van der Waals surface area contributed by atoms with Gasteiger partial charge in [0.15, 0.2) is 0 Å². The quantitative estimate of drug-likeness (QED) is 0.823. The molecule has 1 saturated carbocycles. The van der Waals surface area contributed by atoms with E-state index in [9.17, 15) is 0 Å². The van der Waals surface area contributed by atoms with Gasteiger partial charge in [-0.2, -0.15) is 0 Å². The third kappa shape index (κ3) is 3.03. The average molecular weight is 239 g/mol. The van der Waals surface area contributed by atoms with Crippen LogP contribution in [-0.4, -0.2) is 29.0 Å². The molecule has 1 aromatic rings. The van der Waals surface area contributed by atoms with Crippen molar-refractivity contribution in [2.45, 2.75) is 50.7 Å². The van der Waals surface area contributed by atoms with Crippen LogP contribution in [0.2, 0.25) is 0 Å². The molecule has 2 N–H and O–H groups in total. The number of nitrogens with two attached hydrogens (primary N) is 1. The van der Waals surface area contributed by atoms with E-state index in [2.05, 4.69) is 22.3 Å². The molecule has 90 valence electrons. The molecule has 16 heavy (non-hydrogen) atoms. The summed E-state index contributed by atoms with van der Waals surface area (Å²) in [4.78, 5) is 6.72. The zero-order chi connectivity index (χ0) is 11.4. The Morgan fingerprint density at radius 1 is 1.44 bits per heavy atom. The second-order valence-electron chi connectivity index (χ2n) is 4.76. The van der Waals surface area contributed by atoms with E-state index in [1.807, 2.05) is 5.51 Å². The Balaban J connectivity index is 1.94. The van der Waals surface area contributed by atoms with Gasteiger partial charge in [0.25, 0.3) is 0 Å². The van der Waals surface area contributed by atoms with E-state index in [1.54, 1.807) is 11.3 Å². The van der Waals surface area contributed by atoms with Gasteiger partial charge in [-0.15, -0.1) is 11.3 Å². The maximum Gasteiger partial charge on any atom is 0.0795 e. The monoisotopic (exact) mass is 239 g/mol. The summed E-state index contributed by atoms with van der Waals surface area (Å²) in [5.41, 5.74) is 9.32. The SMILES string of the molecule is CN(Cc1cscn1)C1CCCCCC1N. The summed E-state index contributed by atoms with van der Waals surface area (Å²) in [6.07, 6.45) is 6.37. The molecule has 0 saturated heterocycles. The summed E-state index contributed by atoms with van der Waals surface area (Å²) in [7, 11) is 2.18. The van der Waals surface area contributed by atoms with Crippen molar-refractivity contribution in [3.05, 3.63) is 16.6 Å². The summed E-state index contributed by atoms with van der Waals surface area (Å²) in [6, 6.07) is 0.871. The molecule has 1 heterocycles. The molecule has 1 aliphatic carbocycles. The van der Waals surface area contributed by atoms with Gasteiger partial charge >= 0.3 is 0 Å². The Hall–Kier alpha value is -0.450. The third-order valence-corrected chi connectivity index (χ3v) is 4.13. The highest BCUT2D eigenvalue weighted by Crippen LogP contribution is 2.21. The molecule has 3 nitrogen and oxygen atoms in total. The fourth-order valence-electron chi connectivity index (χ4n) is 2.55. The van der Waals surface area contributed by atoms with E-state index in [1.165, 1.54) is 37.8 Å². The van der Waals surface area contributed by atoms with Gasteiger partial charge in [-0.3, -0.25) is 4.90 Å². The van der Waals surface area contributed by atoms with Gasteiger partial charge in [0.2, 0.25) is 0 Å². The Bertz CT molecular complexity index is 299.